The molecule has 0 aliphatic heterocycles. The van der Waals surface area contributed by atoms with Gasteiger partial charge in [-0.1, -0.05) is 19.4 Å². The van der Waals surface area contributed by atoms with Crippen molar-refractivity contribution in [2.24, 2.45) is 0 Å². The summed E-state index contributed by atoms with van der Waals surface area (Å²) in [7, 11) is 0. The van der Waals surface area contributed by atoms with Crippen molar-refractivity contribution in [3.8, 4) is 11.5 Å². The second-order valence-electron chi connectivity index (χ2n) is 5.92. The lowest BCUT2D eigenvalue weighted by Gasteiger charge is -2.28. The molecule has 1 aromatic carbocycles. The first kappa shape index (κ1) is 17.0. The van der Waals surface area contributed by atoms with Crippen LogP contribution >= 0.6 is 0 Å². The number of hydrogen-bond acceptors (Lipinski definition) is 4. The van der Waals surface area contributed by atoms with Gasteiger partial charge in [0.15, 0.2) is 0 Å². The molecule has 23 heavy (non-hydrogen) atoms. The van der Waals surface area contributed by atoms with E-state index in [4.69, 9.17) is 4.42 Å². The van der Waals surface area contributed by atoms with Gasteiger partial charge in [-0.15, -0.1) is 0 Å². The molecule has 1 unspecified atom stereocenters. The fraction of sp³-hybridized carbons (Fsp3) is 0.412. The summed E-state index contributed by atoms with van der Waals surface area (Å²) in [6.07, 6.45) is 3.16. The highest BCUT2D eigenvalue weighted by molar-refractivity contribution is 5.90. The standard InChI is InChI=1S/C17H23N3O3/c1-4-8-17(3,11-21)20-16(22)19-14-7-5-6-13(9-14)15-18-12(2)10-23-15/h5-7,9-10,21H,4,8,11H2,1-3H3,(H2,19,20,22). The Hall–Kier alpha value is -2.34. The van der Waals surface area contributed by atoms with E-state index in [0.29, 0.717) is 18.0 Å². The van der Waals surface area contributed by atoms with E-state index in [1.165, 1.54) is 0 Å². The predicted octanol–water partition coefficient (Wildman–Crippen LogP) is 3.32. The Balaban J connectivity index is 2.07. The van der Waals surface area contributed by atoms with Crippen molar-refractivity contribution in [2.45, 2.75) is 39.2 Å². The molecular weight excluding hydrogens is 294 g/mol. The molecular formula is C17H23N3O3. The van der Waals surface area contributed by atoms with Crippen LogP contribution in [-0.2, 0) is 0 Å². The Kier molecular flexibility index (Phi) is 5.39. The number of aromatic nitrogens is 1. The molecule has 0 fully saturated rings. The minimum absolute atomic E-state index is 0.107. The normalized spacial score (nSPS) is 13.4. The van der Waals surface area contributed by atoms with E-state index < -0.39 is 5.54 Å². The zero-order valence-electron chi connectivity index (χ0n) is 13.7. The smallest absolute Gasteiger partial charge is 0.319 e. The highest BCUT2D eigenvalue weighted by Crippen LogP contribution is 2.22. The van der Waals surface area contributed by atoms with Gasteiger partial charge in [-0.05, 0) is 38.5 Å². The highest BCUT2D eigenvalue weighted by Gasteiger charge is 2.24. The third-order valence-electron chi connectivity index (χ3n) is 3.55. The van der Waals surface area contributed by atoms with Crippen molar-refractivity contribution < 1.29 is 14.3 Å². The maximum atomic E-state index is 12.1. The average molecular weight is 317 g/mol. The Morgan fingerprint density at radius 1 is 1.43 bits per heavy atom. The molecule has 6 heteroatoms. The van der Waals surface area contributed by atoms with Crippen molar-refractivity contribution in [3.05, 3.63) is 36.2 Å². The molecule has 0 spiro atoms. The second kappa shape index (κ2) is 7.28. The largest absolute Gasteiger partial charge is 0.444 e. The first-order valence-corrected chi connectivity index (χ1v) is 7.68. The Bertz CT molecular complexity index is 669. The maximum absolute atomic E-state index is 12.1. The number of benzene rings is 1. The number of aryl methyl sites for hydroxylation is 1. The molecule has 0 bridgehead atoms. The fourth-order valence-corrected chi connectivity index (χ4v) is 2.39. The number of rotatable bonds is 6. The van der Waals surface area contributed by atoms with Gasteiger partial charge < -0.3 is 20.2 Å². The summed E-state index contributed by atoms with van der Waals surface area (Å²) in [6.45, 7) is 5.58. The topological polar surface area (TPSA) is 87.4 Å². The van der Waals surface area contributed by atoms with Crippen molar-refractivity contribution >= 4 is 11.7 Å². The van der Waals surface area contributed by atoms with Gasteiger partial charge in [-0.25, -0.2) is 9.78 Å². The molecule has 2 amide bonds. The van der Waals surface area contributed by atoms with Crippen LogP contribution in [0.1, 0.15) is 32.4 Å². The minimum atomic E-state index is -0.629. The molecule has 0 saturated carbocycles. The maximum Gasteiger partial charge on any atom is 0.319 e. The second-order valence-corrected chi connectivity index (χ2v) is 5.92. The molecule has 0 saturated heterocycles. The molecule has 1 aromatic heterocycles. The van der Waals surface area contributed by atoms with E-state index in [0.717, 1.165) is 17.7 Å². The van der Waals surface area contributed by atoms with E-state index in [2.05, 4.69) is 15.6 Å². The number of carbonyl (C=O) groups is 1. The quantitative estimate of drug-likeness (QED) is 0.762. The van der Waals surface area contributed by atoms with E-state index in [-0.39, 0.29) is 12.6 Å². The van der Waals surface area contributed by atoms with E-state index in [1.54, 1.807) is 18.4 Å². The molecule has 2 rings (SSSR count). The number of carbonyl (C=O) groups excluding carboxylic acids is 1. The van der Waals surface area contributed by atoms with E-state index in [1.807, 2.05) is 32.9 Å². The highest BCUT2D eigenvalue weighted by atomic mass is 16.3. The fourth-order valence-electron chi connectivity index (χ4n) is 2.39. The number of aliphatic hydroxyl groups excluding tert-OH is 1. The lowest BCUT2D eigenvalue weighted by Crippen LogP contribution is -2.50. The zero-order chi connectivity index (χ0) is 16.9. The lowest BCUT2D eigenvalue weighted by molar-refractivity contribution is 0.167. The van der Waals surface area contributed by atoms with Gasteiger partial charge in [0.1, 0.15) is 6.26 Å². The number of anilines is 1. The number of oxazole rings is 1. The van der Waals surface area contributed by atoms with Crippen molar-refractivity contribution in [1.29, 1.82) is 0 Å². The van der Waals surface area contributed by atoms with Gasteiger partial charge in [-0.3, -0.25) is 0 Å². The van der Waals surface area contributed by atoms with Crippen LogP contribution in [0, 0.1) is 6.92 Å². The molecule has 0 aliphatic rings. The average Bonchev–Trinajstić information content (AvgIpc) is 2.94. The van der Waals surface area contributed by atoms with Crippen LogP contribution < -0.4 is 10.6 Å². The molecule has 6 nitrogen and oxygen atoms in total. The summed E-state index contributed by atoms with van der Waals surface area (Å²) in [6, 6.07) is 6.91. The third-order valence-corrected chi connectivity index (χ3v) is 3.55. The number of nitrogens with one attached hydrogen (secondary N) is 2. The monoisotopic (exact) mass is 317 g/mol. The number of urea groups is 1. The summed E-state index contributed by atoms with van der Waals surface area (Å²) < 4.78 is 5.37. The Morgan fingerprint density at radius 3 is 2.83 bits per heavy atom. The first-order valence-electron chi connectivity index (χ1n) is 7.68. The minimum Gasteiger partial charge on any atom is -0.444 e. The molecule has 0 aliphatic carbocycles. The van der Waals surface area contributed by atoms with E-state index in [9.17, 15) is 9.90 Å². The van der Waals surface area contributed by atoms with Gasteiger partial charge in [0, 0.05) is 11.3 Å². The van der Waals surface area contributed by atoms with Crippen molar-refractivity contribution in [3.63, 3.8) is 0 Å². The number of nitrogens with zero attached hydrogens (tertiary/aromatic N) is 1. The lowest BCUT2D eigenvalue weighted by atomic mass is 9.98. The zero-order valence-corrected chi connectivity index (χ0v) is 13.7. The summed E-state index contributed by atoms with van der Waals surface area (Å²) in [5.74, 6) is 0.512. The van der Waals surface area contributed by atoms with Crippen LogP contribution in [0.5, 0.6) is 0 Å². The Labute approximate surface area is 135 Å². The molecule has 1 heterocycles. The van der Waals surface area contributed by atoms with Crippen LogP contribution in [0.25, 0.3) is 11.5 Å². The molecule has 3 N–H and O–H groups in total. The molecule has 124 valence electrons. The molecule has 2 aromatic rings. The van der Waals surface area contributed by atoms with E-state index >= 15 is 0 Å². The molecule has 1 atom stereocenters. The summed E-state index contributed by atoms with van der Waals surface area (Å²) in [4.78, 5) is 16.4. The molecule has 0 radical (unpaired) electrons. The predicted molar refractivity (Wildman–Crippen MR) is 89.2 cm³/mol. The third kappa shape index (κ3) is 4.56. The van der Waals surface area contributed by atoms with Crippen LogP contribution in [-0.4, -0.2) is 28.3 Å². The van der Waals surface area contributed by atoms with Gasteiger partial charge in [0.2, 0.25) is 5.89 Å². The van der Waals surface area contributed by atoms with Gasteiger partial charge in [-0.2, -0.15) is 0 Å². The van der Waals surface area contributed by atoms with Crippen LogP contribution in [0.15, 0.2) is 34.9 Å². The Morgan fingerprint density at radius 2 is 2.22 bits per heavy atom. The number of amides is 2. The van der Waals surface area contributed by atoms with Gasteiger partial charge in [0.05, 0.1) is 17.8 Å². The van der Waals surface area contributed by atoms with Crippen LogP contribution in [0.2, 0.25) is 0 Å². The SMILES string of the molecule is CCCC(C)(CO)NC(=O)Nc1cccc(-c2nc(C)co2)c1. The summed E-state index contributed by atoms with van der Waals surface area (Å²) in [5.41, 5.74) is 1.59. The van der Waals surface area contributed by atoms with Crippen LogP contribution in [0.4, 0.5) is 10.5 Å². The number of hydrogen-bond donors (Lipinski definition) is 3. The van der Waals surface area contributed by atoms with Gasteiger partial charge >= 0.3 is 6.03 Å². The first-order chi connectivity index (χ1) is 11.0. The number of aliphatic hydroxyl groups is 1. The van der Waals surface area contributed by atoms with Crippen molar-refractivity contribution in [1.82, 2.24) is 10.3 Å². The van der Waals surface area contributed by atoms with Crippen molar-refractivity contribution in [2.75, 3.05) is 11.9 Å². The van der Waals surface area contributed by atoms with Crippen LogP contribution in [0.3, 0.4) is 0 Å². The summed E-state index contributed by atoms with van der Waals surface area (Å²) in [5, 5.41) is 15.1. The summed E-state index contributed by atoms with van der Waals surface area (Å²) >= 11 is 0. The van der Waals surface area contributed by atoms with Gasteiger partial charge in [0.25, 0.3) is 0 Å².